The van der Waals surface area contributed by atoms with Crippen LogP contribution >= 0.6 is 0 Å². The number of aromatic nitrogens is 3. The molecule has 2 aromatic carbocycles. The summed E-state index contributed by atoms with van der Waals surface area (Å²) in [7, 11) is 0. The maximum Gasteiger partial charge on any atom is 0.229 e. The van der Waals surface area contributed by atoms with Gasteiger partial charge in [-0.1, -0.05) is 30.3 Å². The van der Waals surface area contributed by atoms with Crippen molar-refractivity contribution in [2.75, 3.05) is 24.5 Å². The molecule has 2 aliphatic heterocycles. The van der Waals surface area contributed by atoms with E-state index in [-0.39, 0.29) is 5.41 Å². The molecule has 1 amide bonds. The number of anilines is 1. The Bertz CT molecular complexity index is 1330. The van der Waals surface area contributed by atoms with E-state index in [0.717, 1.165) is 73.4 Å². The summed E-state index contributed by atoms with van der Waals surface area (Å²) < 4.78 is 0. The van der Waals surface area contributed by atoms with Crippen molar-refractivity contribution in [3.05, 3.63) is 66.0 Å². The van der Waals surface area contributed by atoms with Gasteiger partial charge in [-0.3, -0.25) is 4.79 Å². The SMILES string of the molecule is Cc1nc2ccccc2nc1N1CCC2(CCCN(Cc3c[nH]c4ccccc34)C2=O)CC1. The zero-order chi connectivity index (χ0) is 22.4. The molecule has 1 N–H and O–H groups in total. The van der Waals surface area contributed by atoms with Crippen molar-refractivity contribution < 1.29 is 4.79 Å². The molecule has 2 saturated heterocycles. The van der Waals surface area contributed by atoms with E-state index in [1.807, 2.05) is 37.3 Å². The Labute approximate surface area is 193 Å². The van der Waals surface area contributed by atoms with Gasteiger partial charge in [0.25, 0.3) is 0 Å². The third-order valence-corrected chi connectivity index (χ3v) is 7.60. The minimum atomic E-state index is -0.237. The molecule has 0 saturated carbocycles. The van der Waals surface area contributed by atoms with E-state index in [2.05, 4.69) is 39.2 Å². The molecule has 6 rings (SSSR count). The molecule has 0 atom stereocenters. The molecule has 2 aliphatic rings. The van der Waals surface area contributed by atoms with Crippen LogP contribution in [0, 0.1) is 12.3 Å². The maximum absolute atomic E-state index is 13.7. The van der Waals surface area contributed by atoms with Crippen molar-refractivity contribution in [2.24, 2.45) is 5.41 Å². The molecule has 6 heteroatoms. The second-order valence-corrected chi connectivity index (χ2v) is 9.58. The number of para-hydroxylation sites is 3. The fraction of sp³-hybridized carbons (Fsp3) is 0.370. The molecule has 33 heavy (non-hydrogen) atoms. The number of H-pyrrole nitrogens is 1. The van der Waals surface area contributed by atoms with Crippen LogP contribution in [0.1, 0.15) is 36.9 Å². The van der Waals surface area contributed by atoms with Crippen LogP contribution in [0.2, 0.25) is 0 Å². The standard InChI is InChI=1S/C27H29N5O/c1-19-25(30-24-10-5-4-9-23(24)29-19)31-15-12-27(13-16-31)11-6-14-32(26(27)33)18-20-17-28-22-8-3-2-7-21(20)22/h2-5,7-10,17,28H,6,11-16,18H2,1H3. The highest BCUT2D eigenvalue weighted by Crippen LogP contribution is 2.42. The molecule has 0 unspecified atom stereocenters. The van der Waals surface area contributed by atoms with Gasteiger partial charge in [-0.05, 0) is 56.4 Å². The van der Waals surface area contributed by atoms with Crippen LogP contribution in [0.3, 0.4) is 0 Å². The average Bonchev–Trinajstić information content (AvgIpc) is 3.25. The Balaban J connectivity index is 1.20. The van der Waals surface area contributed by atoms with Gasteiger partial charge < -0.3 is 14.8 Å². The van der Waals surface area contributed by atoms with Crippen molar-refractivity contribution in [1.82, 2.24) is 19.9 Å². The lowest BCUT2D eigenvalue weighted by atomic mass is 9.71. The topological polar surface area (TPSA) is 65.1 Å². The monoisotopic (exact) mass is 439 g/mol. The van der Waals surface area contributed by atoms with E-state index in [1.165, 1.54) is 10.9 Å². The van der Waals surface area contributed by atoms with Crippen molar-refractivity contribution >= 4 is 33.7 Å². The van der Waals surface area contributed by atoms with E-state index >= 15 is 0 Å². The number of amides is 1. The van der Waals surface area contributed by atoms with E-state index in [4.69, 9.17) is 9.97 Å². The first-order valence-electron chi connectivity index (χ1n) is 12.0. The number of hydrogen-bond donors (Lipinski definition) is 1. The van der Waals surface area contributed by atoms with Gasteiger partial charge in [0, 0.05) is 43.3 Å². The highest BCUT2D eigenvalue weighted by molar-refractivity contribution is 5.86. The predicted molar refractivity (Wildman–Crippen MR) is 131 cm³/mol. The molecule has 2 aromatic heterocycles. The number of carbonyl (C=O) groups excluding carboxylic acids is 1. The highest BCUT2D eigenvalue weighted by atomic mass is 16.2. The lowest BCUT2D eigenvalue weighted by molar-refractivity contribution is -0.148. The number of rotatable bonds is 3. The third kappa shape index (κ3) is 3.45. The molecule has 4 aromatic rings. The second-order valence-electron chi connectivity index (χ2n) is 9.58. The smallest absolute Gasteiger partial charge is 0.229 e. The van der Waals surface area contributed by atoms with Crippen molar-refractivity contribution in [1.29, 1.82) is 0 Å². The molecule has 168 valence electrons. The normalized spacial score (nSPS) is 18.5. The predicted octanol–water partition coefficient (Wildman–Crippen LogP) is 4.83. The van der Waals surface area contributed by atoms with Crippen LogP contribution in [0.15, 0.2) is 54.7 Å². The lowest BCUT2D eigenvalue weighted by Crippen LogP contribution is -2.53. The third-order valence-electron chi connectivity index (χ3n) is 7.60. The first-order valence-corrected chi connectivity index (χ1v) is 12.0. The molecule has 0 radical (unpaired) electrons. The van der Waals surface area contributed by atoms with E-state index < -0.39 is 0 Å². The number of aromatic amines is 1. The molecule has 6 nitrogen and oxygen atoms in total. The summed E-state index contributed by atoms with van der Waals surface area (Å²) in [6, 6.07) is 16.4. The second kappa shape index (κ2) is 7.87. The number of nitrogens with zero attached hydrogens (tertiary/aromatic N) is 4. The van der Waals surface area contributed by atoms with Gasteiger partial charge in [0.1, 0.15) is 0 Å². The highest BCUT2D eigenvalue weighted by Gasteiger charge is 2.46. The fourth-order valence-electron chi connectivity index (χ4n) is 5.76. The number of nitrogens with one attached hydrogen (secondary N) is 1. The molecule has 2 fully saturated rings. The van der Waals surface area contributed by atoms with Gasteiger partial charge in [-0.15, -0.1) is 0 Å². The number of likely N-dealkylation sites (tertiary alicyclic amines) is 1. The van der Waals surface area contributed by atoms with Gasteiger partial charge in [-0.2, -0.15) is 0 Å². The van der Waals surface area contributed by atoms with E-state index in [0.29, 0.717) is 12.5 Å². The molecule has 4 heterocycles. The molecule has 0 aliphatic carbocycles. The quantitative estimate of drug-likeness (QED) is 0.497. The molecule has 1 spiro atoms. The maximum atomic E-state index is 13.7. The largest absolute Gasteiger partial charge is 0.361 e. The van der Waals surface area contributed by atoms with Gasteiger partial charge in [0.2, 0.25) is 5.91 Å². The van der Waals surface area contributed by atoms with Gasteiger partial charge >= 0.3 is 0 Å². The Hall–Kier alpha value is -3.41. The average molecular weight is 440 g/mol. The van der Waals surface area contributed by atoms with Gasteiger partial charge in [0.05, 0.1) is 22.1 Å². The minimum absolute atomic E-state index is 0.237. The lowest BCUT2D eigenvalue weighted by Gasteiger charge is -2.46. The number of aryl methyl sites for hydroxylation is 1. The van der Waals surface area contributed by atoms with Crippen molar-refractivity contribution in [3.8, 4) is 0 Å². The first-order chi connectivity index (χ1) is 16.1. The minimum Gasteiger partial charge on any atom is -0.361 e. The van der Waals surface area contributed by atoms with Crippen LogP contribution in [-0.2, 0) is 11.3 Å². The Kier molecular flexibility index (Phi) is 4.82. The summed E-state index contributed by atoms with van der Waals surface area (Å²) >= 11 is 0. The molecular weight excluding hydrogens is 410 g/mol. The summed E-state index contributed by atoms with van der Waals surface area (Å²) in [5.41, 5.74) is 4.92. The number of hydrogen-bond acceptors (Lipinski definition) is 4. The summed E-state index contributed by atoms with van der Waals surface area (Å²) in [6.45, 7) is 5.26. The number of carbonyl (C=O) groups is 1. The Morgan fingerprint density at radius 2 is 1.67 bits per heavy atom. The number of fused-ring (bicyclic) bond motifs is 2. The summed E-state index contributed by atoms with van der Waals surface area (Å²) in [5, 5.41) is 1.21. The van der Waals surface area contributed by atoms with Gasteiger partial charge in [-0.25, -0.2) is 9.97 Å². The summed E-state index contributed by atoms with van der Waals surface area (Å²) in [5.74, 6) is 1.29. The number of benzene rings is 2. The van der Waals surface area contributed by atoms with Crippen molar-refractivity contribution in [2.45, 2.75) is 39.2 Å². The Morgan fingerprint density at radius 1 is 0.939 bits per heavy atom. The first kappa shape index (κ1) is 20.2. The number of piperidine rings is 2. The summed E-state index contributed by atoms with van der Waals surface area (Å²) in [6.07, 6.45) is 5.88. The van der Waals surface area contributed by atoms with Crippen LogP contribution in [-0.4, -0.2) is 45.4 Å². The fourth-order valence-corrected chi connectivity index (χ4v) is 5.76. The van der Waals surface area contributed by atoms with Crippen LogP contribution < -0.4 is 4.90 Å². The zero-order valence-corrected chi connectivity index (χ0v) is 19.1. The van der Waals surface area contributed by atoms with Crippen LogP contribution in [0.5, 0.6) is 0 Å². The van der Waals surface area contributed by atoms with Crippen LogP contribution in [0.25, 0.3) is 21.9 Å². The zero-order valence-electron chi connectivity index (χ0n) is 19.1. The Morgan fingerprint density at radius 3 is 2.48 bits per heavy atom. The van der Waals surface area contributed by atoms with Gasteiger partial charge in [0.15, 0.2) is 5.82 Å². The molecular formula is C27H29N5O. The van der Waals surface area contributed by atoms with Crippen LogP contribution in [0.4, 0.5) is 5.82 Å². The van der Waals surface area contributed by atoms with Crippen molar-refractivity contribution in [3.63, 3.8) is 0 Å². The molecule has 0 bridgehead atoms. The summed E-state index contributed by atoms with van der Waals surface area (Å²) in [4.78, 5) is 31.2. The van der Waals surface area contributed by atoms with E-state index in [9.17, 15) is 4.79 Å². The van der Waals surface area contributed by atoms with E-state index in [1.54, 1.807) is 0 Å².